The number of carbonyl (C=O) groups excluding carboxylic acids is 1. The Balaban J connectivity index is 1.77. The van der Waals surface area contributed by atoms with Gasteiger partial charge in [0.05, 0.1) is 6.07 Å². The second-order valence-corrected chi connectivity index (χ2v) is 8.80. The highest BCUT2D eigenvalue weighted by Crippen LogP contribution is 2.27. The summed E-state index contributed by atoms with van der Waals surface area (Å²) in [5, 5.41) is 13.3. The third kappa shape index (κ3) is 4.73. The number of nitriles is 1. The molecule has 2 atom stereocenters. The van der Waals surface area contributed by atoms with Gasteiger partial charge in [-0.2, -0.15) is 10.3 Å². The molecule has 2 aromatic rings. The number of hydrogen-bond acceptors (Lipinski definition) is 4. The van der Waals surface area contributed by atoms with E-state index >= 15 is 0 Å². The van der Waals surface area contributed by atoms with Crippen molar-refractivity contribution < 1.29 is 4.79 Å². The summed E-state index contributed by atoms with van der Waals surface area (Å²) in [5.41, 5.74) is 2.93. The number of carbonyl (C=O) groups is 1. The van der Waals surface area contributed by atoms with Gasteiger partial charge in [-0.25, -0.2) is 4.99 Å². The number of aliphatic imine (C=N–C) groups is 3. The van der Waals surface area contributed by atoms with Crippen molar-refractivity contribution in [1.82, 2.24) is 5.32 Å². The lowest BCUT2D eigenvalue weighted by Gasteiger charge is -2.35. The van der Waals surface area contributed by atoms with E-state index in [4.69, 9.17) is 21.9 Å². The number of nitrogens with one attached hydrogen (secondary N) is 1. The van der Waals surface area contributed by atoms with Crippen LogP contribution in [0.15, 0.2) is 63.5 Å². The molecule has 0 fully saturated rings. The monoisotopic (exact) mass is 431 g/mol. The Hall–Kier alpha value is -3.30. The molecule has 2 aliphatic heterocycles. The van der Waals surface area contributed by atoms with Gasteiger partial charge in [0.1, 0.15) is 11.9 Å². The molecular formula is C24H22ClN5O. The van der Waals surface area contributed by atoms with Gasteiger partial charge < -0.3 is 5.32 Å². The fraction of sp³-hybridized carbons (Fsp3) is 0.292. The van der Waals surface area contributed by atoms with Crippen molar-refractivity contribution in [3.8, 4) is 6.07 Å². The predicted octanol–water partition coefficient (Wildman–Crippen LogP) is 3.77. The van der Waals surface area contributed by atoms with Crippen LogP contribution in [-0.4, -0.2) is 35.4 Å². The molecule has 31 heavy (non-hydrogen) atoms. The Labute approximate surface area is 186 Å². The zero-order valence-electron chi connectivity index (χ0n) is 17.3. The van der Waals surface area contributed by atoms with Crippen LogP contribution in [0, 0.1) is 17.2 Å². The standard InChI is InChI=1S/C24H22ClN5O/c1-24(2)12-16-11-18(25)8-9-19(16)21(30-24)28-20(10-15-6-4-3-5-7-15)22-27-14-17(13-26)23(31)29-22/h3-9,11,14,17,20H,10,12H2,1-2H3,(H,28,30)/t17?,20-/m0/s1. The van der Waals surface area contributed by atoms with E-state index in [2.05, 4.69) is 29.1 Å². The number of amides is 1. The van der Waals surface area contributed by atoms with Gasteiger partial charge in [0, 0.05) is 28.8 Å². The minimum absolute atomic E-state index is 0.215. The largest absolute Gasteiger partial charge is 0.365 e. The number of rotatable bonds is 4. The van der Waals surface area contributed by atoms with Crippen LogP contribution in [0.3, 0.4) is 0 Å². The smallest absolute Gasteiger partial charge is 0.270 e. The quantitative estimate of drug-likeness (QED) is 0.798. The average Bonchev–Trinajstić information content (AvgIpc) is 2.72. The Morgan fingerprint density at radius 2 is 2.06 bits per heavy atom. The van der Waals surface area contributed by atoms with Crippen molar-refractivity contribution in [2.45, 2.75) is 38.3 Å². The summed E-state index contributed by atoms with van der Waals surface area (Å²) in [5.74, 6) is -0.414. The third-order valence-corrected chi connectivity index (χ3v) is 5.49. The van der Waals surface area contributed by atoms with Crippen LogP contribution >= 0.6 is 11.6 Å². The highest BCUT2D eigenvalue weighted by Gasteiger charge is 2.31. The lowest BCUT2D eigenvalue weighted by molar-refractivity contribution is -0.118. The molecule has 0 aromatic heterocycles. The van der Waals surface area contributed by atoms with E-state index in [0.29, 0.717) is 17.3 Å². The molecule has 0 bridgehead atoms. The fourth-order valence-electron chi connectivity index (χ4n) is 3.81. The average molecular weight is 432 g/mol. The van der Waals surface area contributed by atoms with Crippen LogP contribution in [0.5, 0.6) is 0 Å². The molecule has 6 nitrogen and oxygen atoms in total. The fourth-order valence-corrected chi connectivity index (χ4v) is 4.01. The normalized spacial score (nSPS) is 21.6. The van der Waals surface area contributed by atoms with Crippen LogP contribution in [0.4, 0.5) is 0 Å². The van der Waals surface area contributed by atoms with Crippen molar-refractivity contribution in [3.63, 3.8) is 0 Å². The van der Waals surface area contributed by atoms with Gasteiger partial charge in [0.15, 0.2) is 11.8 Å². The Morgan fingerprint density at radius 1 is 1.29 bits per heavy atom. The van der Waals surface area contributed by atoms with Gasteiger partial charge in [-0.1, -0.05) is 41.9 Å². The van der Waals surface area contributed by atoms with Crippen molar-refractivity contribution >= 4 is 35.4 Å². The zero-order chi connectivity index (χ0) is 22.0. The molecule has 0 saturated carbocycles. The summed E-state index contributed by atoms with van der Waals surface area (Å²) >= 11 is 6.23. The third-order valence-electron chi connectivity index (χ3n) is 5.25. The van der Waals surface area contributed by atoms with Gasteiger partial charge >= 0.3 is 0 Å². The van der Waals surface area contributed by atoms with E-state index < -0.39 is 17.9 Å². The first-order chi connectivity index (χ1) is 14.8. The van der Waals surface area contributed by atoms with E-state index in [0.717, 1.165) is 28.9 Å². The van der Waals surface area contributed by atoms with Crippen molar-refractivity contribution in [3.05, 3.63) is 70.2 Å². The van der Waals surface area contributed by atoms with E-state index in [1.165, 1.54) is 6.21 Å². The summed E-state index contributed by atoms with van der Waals surface area (Å²) in [6, 6.07) is 17.1. The molecule has 2 heterocycles. The van der Waals surface area contributed by atoms with Crippen LogP contribution in [-0.2, 0) is 17.6 Å². The topological polar surface area (TPSA) is 90.0 Å². The predicted molar refractivity (Wildman–Crippen MR) is 123 cm³/mol. The molecule has 7 heteroatoms. The first kappa shape index (κ1) is 21.0. The Kier molecular flexibility index (Phi) is 5.71. The lowest BCUT2D eigenvalue weighted by Crippen LogP contribution is -2.50. The van der Waals surface area contributed by atoms with Crippen molar-refractivity contribution in [2.24, 2.45) is 20.9 Å². The summed E-state index contributed by atoms with van der Waals surface area (Å²) in [4.78, 5) is 25.7. The minimum Gasteiger partial charge on any atom is -0.365 e. The number of nitrogens with zero attached hydrogens (tertiary/aromatic N) is 4. The van der Waals surface area contributed by atoms with Gasteiger partial charge in [-0.05, 0) is 49.6 Å². The first-order valence-corrected chi connectivity index (χ1v) is 10.5. The highest BCUT2D eigenvalue weighted by atomic mass is 35.5. The molecule has 4 rings (SSSR count). The summed E-state index contributed by atoms with van der Waals surface area (Å²) < 4.78 is 0. The van der Waals surface area contributed by atoms with E-state index in [1.54, 1.807) is 0 Å². The maximum Gasteiger partial charge on any atom is 0.270 e. The molecule has 1 unspecified atom stereocenters. The maximum atomic E-state index is 12.2. The molecule has 1 amide bonds. The van der Waals surface area contributed by atoms with Crippen molar-refractivity contribution in [2.75, 3.05) is 0 Å². The van der Waals surface area contributed by atoms with Gasteiger partial charge in [-0.15, -0.1) is 0 Å². The Morgan fingerprint density at radius 3 is 2.77 bits per heavy atom. The first-order valence-electron chi connectivity index (χ1n) is 10.1. The molecule has 0 aliphatic carbocycles. The molecule has 2 aliphatic rings. The second kappa shape index (κ2) is 8.44. The second-order valence-electron chi connectivity index (χ2n) is 8.36. The maximum absolute atomic E-state index is 12.2. The summed E-state index contributed by atoms with van der Waals surface area (Å²) in [7, 11) is 0. The lowest BCUT2D eigenvalue weighted by atomic mass is 9.87. The van der Waals surface area contributed by atoms with E-state index in [9.17, 15) is 4.79 Å². The number of hydrogen-bond donors (Lipinski definition) is 1. The number of benzene rings is 2. The minimum atomic E-state index is -0.941. The number of fused-ring (bicyclic) bond motifs is 1. The molecule has 0 spiro atoms. The van der Waals surface area contributed by atoms with Crippen LogP contribution in [0.2, 0.25) is 5.02 Å². The number of halogens is 1. The van der Waals surface area contributed by atoms with Gasteiger partial charge in [-0.3, -0.25) is 9.79 Å². The summed E-state index contributed by atoms with van der Waals surface area (Å²) in [6.45, 7) is 4.21. The Bertz CT molecular complexity index is 1140. The highest BCUT2D eigenvalue weighted by molar-refractivity contribution is 6.30. The zero-order valence-corrected chi connectivity index (χ0v) is 18.1. The van der Waals surface area contributed by atoms with Gasteiger partial charge in [0.2, 0.25) is 0 Å². The SMILES string of the molecule is CC1(C)Cc2cc(Cl)ccc2C(=N[C@@H](Cc2ccccc2)C2=NC(=O)C(C#N)C=N2)N1. The van der Waals surface area contributed by atoms with Gasteiger partial charge in [0.25, 0.3) is 5.91 Å². The van der Waals surface area contributed by atoms with Crippen LogP contribution in [0.25, 0.3) is 0 Å². The molecule has 1 N–H and O–H groups in total. The molecule has 0 saturated heterocycles. The van der Waals surface area contributed by atoms with Crippen molar-refractivity contribution in [1.29, 1.82) is 5.26 Å². The summed E-state index contributed by atoms with van der Waals surface area (Å²) in [6.07, 6.45) is 2.69. The molecular weight excluding hydrogens is 410 g/mol. The number of amidine groups is 2. The molecule has 2 aromatic carbocycles. The van der Waals surface area contributed by atoms with Crippen LogP contribution < -0.4 is 5.32 Å². The van der Waals surface area contributed by atoms with E-state index in [1.807, 2.05) is 54.6 Å². The molecule has 0 radical (unpaired) electrons. The molecule has 156 valence electrons. The van der Waals surface area contributed by atoms with Crippen LogP contribution in [0.1, 0.15) is 30.5 Å². The van der Waals surface area contributed by atoms with E-state index in [-0.39, 0.29) is 5.54 Å².